The second-order valence-electron chi connectivity index (χ2n) is 11.2. The number of aryl methyl sites for hydroxylation is 2. The fourth-order valence-corrected chi connectivity index (χ4v) is 6.36. The third-order valence-corrected chi connectivity index (χ3v) is 8.63. The largest absolute Gasteiger partial charge is 0.325 e. The van der Waals surface area contributed by atoms with Gasteiger partial charge in [-0.05, 0) is 82.9 Å². The van der Waals surface area contributed by atoms with Gasteiger partial charge in [-0.25, -0.2) is 15.0 Å². The molecule has 4 heterocycles. The van der Waals surface area contributed by atoms with Gasteiger partial charge in [-0.3, -0.25) is 19.1 Å². The molecule has 0 bridgehead atoms. The van der Waals surface area contributed by atoms with Gasteiger partial charge >= 0.3 is 0 Å². The number of aromatic nitrogens is 5. The van der Waals surface area contributed by atoms with Crippen molar-refractivity contribution in [1.29, 1.82) is 0 Å². The number of Topliss-reactive ketones (excluding diaryl/α,β-unsaturated/α-hetero) is 1. The number of anilines is 1. The highest BCUT2D eigenvalue weighted by Gasteiger charge is 2.64. The first-order chi connectivity index (χ1) is 19.6. The Bertz CT molecular complexity index is 1720. The van der Waals surface area contributed by atoms with E-state index in [0.717, 1.165) is 29.5 Å². The van der Waals surface area contributed by atoms with Gasteiger partial charge in [0.1, 0.15) is 34.5 Å². The first kappa shape index (κ1) is 27.2. The smallest absolute Gasteiger partial charge is 0.248 e. The third-order valence-electron chi connectivity index (χ3n) is 8.22. The van der Waals surface area contributed by atoms with Gasteiger partial charge in [0.25, 0.3) is 0 Å². The lowest BCUT2D eigenvalue weighted by molar-refractivity contribution is -0.138. The van der Waals surface area contributed by atoms with Crippen LogP contribution in [0, 0.1) is 12.3 Å². The molecular formula is C30H30BrN7O3. The second kappa shape index (κ2) is 10.1. The molecule has 0 spiro atoms. The lowest BCUT2D eigenvalue weighted by Gasteiger charge is -2.27. The fourth-order valence-electron chi connectivity index (χ4n) is 5.88. The molecule has 1 saturated carbocycles. The first-order valence-electron chi connectivity index (χ1n) is 13.7. The highest BCUT2D eigenvalue weighted by atomic mass is 79.9. The van der Waals surface area contributed by atoms with E-state index in [0.29, 0.717) is 39.3 Å². The predicted octanol–water partition coefficient (Wildman–Crippen LogP) is 4.74. The van der Waals surface area contributed by atoms with Crippen LogP contribution in [0.15, 0.2) is 47.3 Å². The van der Waals surface area contributed by atoms with Crippen molar-refractivity contribution in [2.75, 3.05) is 5.32 Å². The highest BCUT2D eigenvalue weighted by molar-refractivity contribution is 9.10. The van der Waals surface area contributed by atoms with E-state index in [2.05, 4.69) is 48.2 Å². The zero-order valence-electron chi connectivity index (χ0n) is 23.3. The number of piperidine rings is 1. The summed E-state index contributed by atoms with van der Waals surface area (Å²) < 4.78 is 2.21. The number of amides is 2. The molecule has 1 N–H and O–H groups in total. The summed E-state index contributed by atoms with van der Waals surface area (Å²) in [5, 5.41) is 8.13. The maximum atomic E-state index is 13.8. The molecule has 2 fully saturated rings. The van der Waals surface area contributed by atoms with Crippen LogP contribution in [0.3, 0.4) is 0 Å². The van der Waals surface area contributed by atoms with Gasteiger partial charge in [0.15, 0.2) is 5.78 Å². The minimum atomic E-state index is -0.612. The monoisotopic (exact) mass is 615 g/mol. The van der Waals surface area contributed by atoms with E-state index < -0.39 is 6.04 Å². The van der Waals surface area contributed by atoms with Crippen LogP contribution in [0.5, 0.6) is 0 Å². The van der Waals surface area contributed by atoms with Crippen LogP contribution >= 0.6 is 15.9 Å². The minimum Gasteiger partial charge on any atom is -0.325 e. The molecule has 0 unspecified atom stereocenters. The maximum absolute atomic E-state index is 13.8. The van der Waals surface area contributed by atoms with E-state index in [1.165, 1.54) is 6.92 Å². The molecule has 10 nitrogen and oxygen atoms in total. The second-order valence-corrected chi connectivity index (χ2v) is 12.0. The number of nitrogens with one attached hydrogen (secondary N) is 1. The van der Waals surface area contributed by atoms with Crippen LogP contribution in [0.25, 0.3) is 22.0 Å². The van der Waals surface area contributed by atoms with Gasteiger partial charge in [-0.1, -0.05) is 19.9 Å². The number of hydrogen-bond donors (Lipinski definition) is 1. The van der Waals surface area contributed by atoms with E-state index in [-0.39, 0.29) is 35.6 Å². The molecule has 2 amide bonds. The number of pyridine rings is 1. The van der Waals surface area contributed by atoms with Gasteiger partial charge in [-0.2, -0.15) is 5.10 Å². The minimum absolute atomic E-state index is 0.00494. The van der Waals surface area contributed by atoms with Crippen LogP contribution in [-0.2, 0) is 22.6 Å². The Morgan fingerprint density at radius 3 is 2.56 bits per heavy atom. The van der Waals surface area contributed by atoms with Crippen LogP contribution in [-0.4, -0.2) is 59.3 Å². The Morgan fingerprint density at radius 2 is 1.85 bits per heavy atom. The average molecular weight is 617 g/mol. The van der Waals surface area contributed by atoms with Crippen LogP contribution in [0.2, 0.25) is 0 Å². The molecule has 1 aliphatic carbocycles. The number of carbonyl (C=O) groups is 3. The van der Waals surface area contributed by atoms with Crippen molar-refractivity contribution in [3.8, 4) is 11.1 Å². The van der Waals surface area contributed by atoms with E-state index in [9.17, 15) is 14.4 Å². The van der Waals surface area contributed by atoms with Crippen LogP contribution in [0.4, 0.5) is 5.82 Å². The Balaban J connectivity index is 1.28. The lowest BCUT2D eigenvalue weighted by atomic mass is 10.0. The van der Waals surface area contributed by atoms with E-state index in [4.69, 9.17) is 0 Å². The molecule has 11 heteroatoms. The quantitative estimate of drug-likeness (QED) is 0.235. The molecule has 41 heavy (non-hydrogen) atoms. The van der Waals surface area contributed by atoms with E-state index in [1.54, 1.807) is 22.0 Å². The molecule has 1 aliphatic heterocycles. The number of benzene rings is 1. The van der Waals surface area contributed by atoms with Crippen LogP contribution in [0.1, 0.15) is 55.5 Å². The number of carbonyl (C=O) groups excluding carboxylic acids is 3. The SMILES string of the molecule is CCc1cc(Br)nc(NC(=O)[C@@H]2C[C@@]3(C)C[C@H]3N2C(=O)Cn2nc(C(C)=O)c3cc(-c4cnc(C)nc4)ccc32)c1. The third kappa shape index (κ3) is 5.03. The number of nitrogens with zero attached hydrogens (tertiary/aromatic N) is 6. The van der Waals surface area contributed by atoms with Gasteiger partial charge in [-0.15, -0.1) is 0 Å². The Kier molecular flexibility index (Phi) is 6.72. The molecule has 6 rings (SSSR count). The lowest BCUT2D eigenvalue weighted by Crippen LogP contribution is -2.46. The summed E-state index contributed by atoms with van der Waals surface area (Å²) in [5.74, 6) is 0.477. The first-order valence-corrected chi connectivity index (χ1v) is 14.4. The number of halogens is 1. The van der Waals surface area contributed by atoms with Crippen molar-refractivity contribution >= 4 is 50.2 Å². The number of ketones is 1. The summed E-state index contributed by atoms with van der Waals surface area (Å²) in [5.41, 5.74) is 3.59. The van der Waals surface area contributed by atoms with Crippen molar-refractivity contribution in [2.45, 2.75) is 65.6 Å². The molecule has 2 aliphatic rings. The summed E-state index contributed by atoms with van der Waals surface area (Å²) >= 11 is 3.41. The van der Waals surface area contributed by atoms with Gasteiger partial charge in [0.05, 0.1) is 5.52 Å². The highest BCUT2D eigenvalue weighted by Crippen LogP contribution is 2.59. The fraction of sp³-hybridized carbons (Fsp3) is 0.367. The van der Waals surface area contributed by atoms with Gasteiger partial charge in [0.2, 0.25) is 11.8 Å². The molecule has 1 saturated heterocycles. The summed E-state index contributed by atoms with van der Waals surface area (Å²) in [4.78, 5) is 54.5. The summed E-state index contributed by atoms with van der Waals surface area (Å²) in [6, 6.07) is 8.79. The summed E-state index contributed by atoms with van der Waals surface area (Å²) in [7, 11) is 0. The molecule has 1 aromatic carbocycles. The molecule has 3 atom stereocenters. The average Bonchev–Trinajstić information content (AvgIpc) is 3.30. The van der Waals surface area contributed by atoms with Crippen LogP contribution < -0.4 is 5.32 Å². The standard InChI is InChI=1S/C30H30BrN7O3/c1-5-18-8-25(31)34-26(9-18)35-29(41)23-11-30(4)12-24(30)38(23)27(40)15-37-22-7-6-19(20-13-32-17(3)33-14-20)10-21(22)28(36-37)16(2)39/h6-10,13-14,23-24H,5,11-12,15H2,1-4H3,(H,34,35,41)/t23-,24+,30-/m0/s1. The molecule has 3 aromatic heterocycles. The van der Waals surface area contributed by atoms with Crippen molar-refractivity contribution < 1.29 is 14.4 Å². The molecular weight excluding hydrogens is 586 g/mol. The van der Waals surface area contributed by atoms with Crippen molar-refractivity contribution in [3.05, 3.63) is 64.4 Å². The zero-order valence-corrected chi connectivity index (χ0v) is 24.9. The number of fused-ring (bicyclic) bond motifs is 2. The Morgan fingerprint density at radius 1 is 1.10 bits per heavy atom. The maximum Gasteiger partial charge on any atom is 0.248 e. The van der Waals surface area contributed by atoms with E-state index >= 15 is 0 Å². The molecule has 4 aromatic rings. The normalized spacial score (nSPS) is 21.1. The van der Waals surface area contributed by atoms with Crippen molar-refractivity contribution in [2.24, 2.45) is 5.41 Å². The molecule has 0 radical (unpaired) electrons. The van der Waals surface area contributed by atoms with E-state index in [1.807, 2.05) is 44.2 Å². The zero-order chi connectivity index (χ0) is 29.1. The van der Waals surface area contributed by atoms with Crippen molar-refractivity contribution in [3.63, 3.8) is 0 Å². The Hall–Kier alpha value is -3.99. The van der Waals surface area contributed by atoms with Crippen molar-refractivity contribution in [1.82, 2.24) is 29.6 Å². The van der Waals surface area contributed by atoms with Gasteiger partial charge in [0, 0.05) is 36.3 Å². The topological polar surface area (TPSA) is 123 Å². The predicted molar refractivity (Wildman–Crippen MR) is 157 cm³/mol. The number of hydrogen-bond acceptors (Lipinski definition) is 7. The number of likely N-dealkylation sites (tertiary alicyclic amines) is 1. The number of rotatable bonds is 7. The summed E-state index contributed by atoms with van der Waals surface area (Å²) in [6.45, 7) is 7.35. The molecule has 210 valence electrons. The summed E-state index contributed by atoms with van der Waals surface area (Å²) in [6.07, 6.45) is 5.73. The Labute approximate surface area is 245 Å². The van der Waals surface area contributed by atoms with Gasteiger partial charge < -0.3 is 10.2 Å².